The van der Waals surface area contributed by atoms with Crippen molar-refractivity contribution in [3.05, 3.63) is 72.3 Å². The van der Waals surface area contributed by atoms with Crippen molar-refractivity contribution in [2.75, 3.05) is 5.75 Å². The number of aliphatic carboxylic acids is 1. The van der Waals surface area contributed by atoms with Crippen molar-refractivity contribution in [2.45, 2.75) is 24.3 Å². The number of pyridine rings is 1. The Morgan fingerprint density at radius 3 is 2.56 bits per heavy atom. The maximum atomic E-state index is 11.5. The number of nitrogens with zero attached hydrogens (tertiary/aromatic N) is 1. The lowest BCUT2D eigenvalue weighted by Crippen LogP contribution is -2.16. The minimum absolute atomic E-state index is 0.345. The number of para-hydroxylation sites is 1. The van der Waals surface area contributed by atoms with E-state index in [1.807, 2.05) is 54.6 Å². The summed E-state index contributed by atoms with van der Waals surface area (Å²) >= 11 is 1.53. The molecule has 3 rings (SSSR count). The number of carboxylic acids is 1. The molecule has 0 saturated heterocycles. The van der Waals surface area contributed by atoms with Crippen molar-refractivity contribution in [1.29, 1.82) is 0 Å². The summed E-state index contributed by atoms with van der Waals surface area (Å²) in [6.07, 6.45) is 2.49. The van der Waals surface area contributed by atoms with E-state index in [2.05, 4.69) is 17.1 Å². The fraction of sp³-hybridized carbons (Fsp3) is 0.238. The van der Waals surface area contributed by atoms with Gasteiger partial charge in [-0.15, -0.1) is 11.8 Å². The number of rotatable bonds is 8. The number of hydrogen-bond donors (Lipinski definition) is 1. The van der Waals surface area contributed by atoms with Gasteiger partial charge in [0.2, 0.25) is 0 Å². The first-order chi connectivity index (χ1) is 12.2. The lowest BCUT2D eigenvalue weighted by atomic mass is 10.0. The van der Waals surface area contributed by atoms with Gasteiger partial charge in [0.05, 0.1) is 16.5 Å². The highest BCUT2D eigenvalue weighted by Gasteiger charge is 2.17. The number of carboxylic acid groups (broad SMARTS) is 1. The van der Waals surface area contributed by atoms with Gasteiger partial charge in [-0.2, -0.15) is 0 Å². The Labute approximate surface area is 152 Å². The summed E-state index contributed by atoms with van der Waals surface area (Å²) in [6, 6.07) is 22.2. The molecule has 0 bridgehead atoms. The Hall–Kier alpha value is -2.33. The minimum atomic E-state index is -0.721. The highest BCUT2D eigenvalue weighted by molar-refractivity contribution is 7.99. The Morgan fingerprint density at radius 1 is 1.00 bits per heavy atom. The molecular formula is C21H21NO2S. The molecule has 0 aliphatic carbocycles. The van der Waals surface area contributed by atoms with Crippen LogP contribution in [0.15, 0.2) is 71.8 Å². The van der Waals surface area contributed by atoms with Crippen LogP contribution in [0.4, 0.5) is 0 Å². The smallest absolute Gasteiger partial charge is 0.307 e. The van der Waals surface area contributed by atoms with Crippen LogP contribution in [0.2, 0.25) is 0 Å². The van der Waals surface area contributed by atoms with Gasteiger partial charge in [0, 0.05) is 11.1 Å². The van der Waals surface area contributed by atoms with E-state index >= 15 is 0 Å². The standard InChI is InChI=1S/C21H21NO2S/c23-21(24)18(11-6-9-16-7-2-1-3-8-16)15-25-20-14-13-17-10-4-5-12-19(17)22-20/h1-5,7-8,10,12-14,18H,6,9,11,15H2,(H,23,24). The Bertz CT molecular complexity index is 835. The van der Waals surface area contributed by atoms with Gasteiger partial charge in [-0.25, -0.2) is 4.98 Å². The molecule has 0 amide bonds. The number of benzene rings is 2. The molecule has 1 N–H and O–H groups in total. The minimum Gasteiger partial charge on any atom is -0.481 e. The van der Waals surface area contributed by atoms with E-state index in [0.717, 1.165) is 28.8 Å². The molecular weight excluding hydrogens is 330 g/mol. The third kappa shape index (κ3) is 5.07. The lowest BCUT2D eigenvalue weighted by molar-refractivity contribution is -0.141. The molecule has 0 radical (unpaired) electrons. The van der Waals surface area contributed by atoms with Crippen molar-refractivity contribution in [3.8, 4) is 0 Å². The van der Waals surface area contributed by atoms with Crippen LogP contribution in [0.5, 0.6) is 0 Å². The van der Waals surface area contributed by atoms with Crippen molar-refractivity contribution in [3.63, 3.8) is 0 Å². The Kier molecular flexibility index (Phi) is 6.07. The zero-order chi connectivity index (χ0) is 17.5. The van der Waals surface area contributed by atoms with E-state index < -0.39 is 5.97 Å². The predicted molar refractivity (Wildman–Crippen MR) is 103 cm³/mol. The highest BCUT2D eigenvalue weighted by Crippen LogP contribution is 2.24. The molecule has 3 nitrogen and oxygen atoms in total. The van der Waals surface area contributed by atoms with Crippen LogP contribution in [0, 0.1) is 5.92 Å². The molecule has 0 aliphatic heterocycles. The largest absolute Gasteiger partial charge is 0.481 e. The predicted octanol–water partition coefficient (Wildman–Crippen LogP) is 5.05. The number of aromatic nitrogens is 1. The molecule has 2 aromatic carbocycles. The van der Waals surface area contributed by atoms with Gasteiger partial charge in [0.15, 0.2) is 0 Å². The quantitative estimate of drug-likeness (QED) is 0.577. The van der Waals surface area contributed by atoms with E-state index in [9.17, 15) is 9.90 Å². The van der Waals surface area contributed by atoms with E-state index in [4.69, 9.17) is 0 Å². The van der Waals surface area contributed by atoms with Gasteiger partial charge in [-0.1, -0.05) is 54.6 Å². The molecule has 4 heteroatoms. The number of hydrogen-bond acceptors (Lipinski definition) is 3. The first-order valence-corrected chi connectivity index (χ1v) is 9.46. The fourth-order valence-electron chi connectivity index (χ4n) is 2.79. The topological polar surface area (TPSA) is 50.2 Å². The molecule has 1 heterocycles. The molecule has 0 aliphatic rings. The normalized spacial score (nSPS) is 12.2. The van der Waals surface area contributed by atoms with Gasteiger partial charge in [0.25, 0.3) is 0 Å². The van der Waals surface area contributed by atoms with Gasteiger partial charge < -0.3 is 5.11 Å². The average molecular weight is 351 g/mol. The maximum absolute atomic E-state index is 11.5. The summed E-state index contributed by atoms with van der Waals surface area (Å²) in [7, 11) is 0. The van der Waals surface area contributed by atoms with Crippen LogP contribution in [0.3, 0.4) is 0 Å². The summed E-state index contributed by atoms with van der Waals surface area (Å²) < 4.78 is 0. The first-order valence-electron chi connectivity index (χ1n) is 8.48. The third-order valence-corrected chi connectivity index (χ3v) is 5.31. The maximum Gasteiger partial charge on any atom is 0.307 e. The molecule has 128 valence electrons. The number of carbonyl (C=O) groups is 1. The summed E-state index contributed by atoms with van der Waals surface area (Å²) in [5, 5.41) is 11.5. The van der Waals surface area contributed by atoms with Gasteiger partial charge in [0.1, 0.15) is 0 Å². The zero-order valence-electron chi connectivity index (χ0n) is 14.0. The van der Waals surface area contributed by atoms with Crippen molar-refractivity contribution < 1.29 is 9.90 Å². The number of aryl methyl sites for hydroxylation is 1. The van der Waals surface area contributed by atoms with Crippen LogP contribution in [-0.2, 0) is 11.2 Å². The van der Waals surface area contributed by atoms with Crippen LogP contribution < -0.4 is 0 Å². The summed E-state index contributed by atoms with van der Waals surface area (Å²) in [5.41, 5.74) is 2.21. The van der Waals surface area contributed by atoms with Crippen LogP contribution in [-0.4, -0.2) is 21.8 Å². The van der Waals surface area contributed by atoms with E-state index in [-0.39, 0.29) is 5.92 Å². The van der Waals surface area contributed by atoms with Gasteiger partial charge in [-0.05, 0) is 37.0 Å². The van der Waals surface area contributed by atoms with Crippen molar-refractivity contribution in [1.82, 2.24) is 4.98 Å². The zero-order valence-corrected chi connectivity index (χ0v) is 14.8. The molecule has 1 unspecified atom stereocenters. The fourth-order valence-corrected chi connectivity index (χ4v) is 3.80. The molecule has 1 aromatic heterocycles. The summed E-state index contributed by atoms with van der Waals surface area (Å²) in [4.78, 5) is 16.1. The van der Waals surface area contributed by atoms with Gasteiger partial charge >= 0.3 is 5.97 Å². The molecule has 0 fully saturated rings. The number of thioether (sulfide) groups is 1. The Balaban J connectivity index is 1.54. The molecule has 0 saturated carbocycles. The summed E-state index contributed by atoms with van der Waals surface area (Å²) in [6.45, 7) is 0. The van der Waals surface area contributed by atoms with Crippen molar-refractivity contribution >= 4 is 28.6 Å². The molecule has 25 heavy (non-hydrogen) atoms. The van der Waals surface area contributed by atoms with E-state index in [1.165, 1.54) is 17.3 Å². The summed E-state index contributed by atoms with van der Waals surface area (Å²) in [5.74, 6) is -0.515. The van der Waals surface area contributed by atoms with Crippen molar-refractivity contribution in [2.24, 2.45) is 5.92 Å². The van der Waals surface area contributed by atoms with E-state index in [0.29, 0.717) is 12.2 Å². The Morgan fingerprint density at radius 2 is 1.76 bits per heavy atom. The monoisotopic (exact) mass is 351 g/mol. The van der Waals surface area contributed by atoms with Crippen LogP contribution in [0.1, 0.15) is 18.4 Å². The molecule has 1 atom stereocenters. The second-order valence-corrected chi connectivity index (χ2v) is 7.11. The second-order valence-electron chi connectivity index (χ2n) is 6.07. The number of fused-ring (bicyclic) bond motifs is 1. The first kappa shape index (κ1) is 17.5. The lowest BCUT2D eigenvalue weighted by Gasteiger charge is -2.12. The molecule has 0 spiro atoms. The van der Waals surface area contributed by atoms with Crippen LogP contribution in [0.25, 0.3) is 10.9 Å². The average Bonchev–Trinajstić information content (AvgIpc) is 2.65. The van der Waals surface area contributed by atoms with Crippen LogP contribution >= 0.6 is 11.8 Å². The van der Waals surface area contributed by atoms with E-state index in [1.54, 1.807) is 0 Å². The third-order valence-electron chi connectivity index (χ3n) is 4.22. The molecule has 3 aromatic rings. The highest BCUT2D eigenvalue weighted by atomic mass is 32.2. The van der Waals surface area contributed by atoms with Gasteiger partial charge in [-0.3, -0.25) is 4.79 Å². The SMILES string of the molecule is O=C(O)C(CCCc1ccccc1)CSc1ccc2ccccc2n1. The second kappa shape index (κ2) is 8.67.